The molecule has 0 unspecified atom stereocenters. The first-order valence-corrected chi connectivity index (χ1v) is 7.24. The van der Waals surface area contributed by atoms with Crippen molar-refractivity contribution in [1.29, 1.82) is 0 Å². The van der Waals surface area contributed by atoms with E-state index in [9.17, 15) is 4.79 Å². The molecule has 0 atom stereocenters. The molecule has 23 heavy (non-hydrogen) atoms. The molecule has 1 aromatic heterocycles. The fraction of sp³-hybridized carbons (Fsp3) is 0. The van der Waals surface area contributed by atoms with Gasteiger partial charge in [0.05, 0.1) is 5.39 Å². The topological polar surface area (TPSA) is 30.2 Å². The van der Waals surface area contributed by atoms with Crippen LogP contribution < -0.4 is 5.43 Å². The predicted molar refractivity (Wildman–Crippen MR) is 88.5 cm³/mol. The molecule has 0 amide bonds. The molecular weight excluding hydrogens is 352 g/mol. The molecule has 1 heterocycles. The van der Waals surface area contributed by atoms with Gasteiger partial charge in [-0.25, -0.2) is 0 Å². The van der Waals surface area contributed by atoms with E-state index in [1.165, 1.54) is 6.07 Å². The maximum Gasteiger partial charge on any atom is 2.00 e. The van der Waals surface area contributed by atoms with Crippen LogP contribution in [0.15, 0.2) is 33.5 Å². The van der Waals surface area contributed by atoms with Crippen LogP contribution in [0.4, 0.5) is 0 Å². The number of halogens is 1. The molecule has 0 spiro atoms. The van der Waals surface area contributed by atoms with E-state index in [0.29, 0.717) is 21.8 Å². The van der Waals surface area contributed by atoms with Gasteiger partial charge < -0.3 is 4.42 Å². The average Bonchev–Trinajstić information content (AvgIpc) is 3.24. The van der Waals surface area contributed by atoms with Crippen molar-refractivity contribution in [3.05, 3.63) is 109 Å². The second-order valence-corrected chi connectivity index (χ2v) is 5.19. The van der Waals surface area contributed by atoms with Crippen molar-refractivity contribution >= 4 is 22.6 Å². The Morgan fingerprint density at radius 2 is 1.43 bits per heavy atom. The Balaban J connectivity index is 0.000000276. The van der Waals surface area contributed by atoms with Gasteiger partial charge in [0.25, 0.3) is 0 Å². The van der Waals surface area contributed by atoms with Crippen molar-refractivity contribution in [2.24, 2.45) is 0 Å². The zero-order valence-corrected chi connectivity index (χ0v) is 13.9. The molecule has 2 aliphatic rings. The van der Waals surface area contributed by atoms with Gasteiger partial charge in [-0.2, -0.15) is 0 Å². The Morgan fingerprint density at radius 3 is 2.04 bits per heavy atom. The van der Waals surface area contributed by atoms with Crippen molar-refractivity contribution in [2.75, 3.05) is 0 Å². The fourth-order valence-corrected chi connectivity index (χ4v) is 2.30. The summed E-state index contributed by atoms with van der Waals surface area (Å²) in [5, 5.41) is 1.04. The fourth-order valence-electron chi connectivity index (χ4n) is 2.13. The first-order valence-electron chi connectivity index (χ1n) is 6.86. The third-order valence-electron chi connectivity index (χ3n) is 3.19. The summed E-state index contributed by atoms with van der Waals surface area (Å²) in [6.45, 7) is 0. The predicted octanol–water partition coefficient (Wildman–Crippen LogP) is 4.22. The van der Waals surface area contributed by atoms with E-state index in [4.69, 9.17) is 16.0 Å². The smallest absolute Gasteiger partial charge is 0.460 e. The van der Waals surface area contributed by atoms with Crippen LogP contribution in [0.1, 0.15) is 5.76 Å². The first kappa shape index (κ1) is 18.6. The Hall–Kier alpha value is -0.761. The second kappa shape index (κ2) is 8.92. The summed E-state index contributed by atoms with van der Waals surface area (Å²) in [6, 6.07) is 6.54. The number of hydrogen-bond acceptors (Lipinski definition) is 2. The summed E-state index contributed by atoms with van der Waals surface area (Å²) >= 11 is 5.85. The van der Waals surface area contributed by atoms with E-state index >= 15 is 0 Å². The third kappa shape index (κ3) is 4.86. The largest absolute Gasteiger partial charge is 2.00 e. The Morgan fingerprint density at radius 1 is 0.826 bits per heavy atom. The maximum atomic E-state index is 11.9. The van der Waals surface area contributed by atoms with Gasteiger partial charge in [-0.15, -0.1) is 0 Å². The maximum absolute atomic E-state index is 11.9. The number of rotatable bonds is 1. The molecule has 0 bridgehead atoms. The van der Waals surface area contributed by atoms with Crippen LogP contribution >= 0.6 is 11.6 Å². The van der Waals surface area contributed by atoms with E-state index in [-0.39, 0.29) is 22.5 Å². The minimum atomic E-state index is -0.0787. The molecule has 0 N–H and O–H groups in total. The SMILES string of the molecule is O=c1cc([C]2[CH][CH][CH][CH]2)oc2ccc(Cl)cc12.[CH]1[CH][CH][CH][CH]1.[Fe+2]. The van der Waals surface area contributed by atoms with Gasteiger partial charge >= 0.3 is 17.1 Å². The van der Waals surface area contributed by atoms with E-state index < -0.39 is 0 Å². The van der Waals surface area contributed by atoms with Gasteiger partial charge in [0.1, 0.15) is 11.3 Å². The molecule has 4 heteroatoms. The van der Waals surface area contributed by atoms with Crippen LogP contribution in [-0.4, -0.2) is 0 Å². The Kier molecular flexibility index (Phi) is 7.20. The van der Waals surface area contributed by atoms with Crippen LogP contribution in [0.5, 0.6) is 0 Å². The molecule has 0 saturated heterocycles. The van der Waals surface area contributed by atoms with Gasteiger partial charge in [-0.3, -0.25) is 4.79 Å². The molecule has 2 aliphatic carbocycles. The summed E-state index contributed by atoms with van der Waals surface area (Å²) in [7, 11) is 0. The van der Waals surface area contributed by atoms with Crippen molar-refractivity contribution in [1.82, 2.24) is 0 Å². The monoisotopic (exact) mass is 364 g/mol. The molecule has 4 rings (SSSR count). The Labute approximate surface area is 153 Å². The molecule has 2 aromatic rings. The molecule has 1 aromatic carbocycles. The Bertz CT molecular complexity index is 678. The van der Waals surface area contributed by atoms with Crippen molar-refractivity contribution in [3.8, 4) is 0 Å². The molecule has 114 valence electrons. The van der Waals surface area contributed by atoms with E-state index in [1.807, 2.05) is 57.8 Å². The molecule has 2 saturated carbocycles. The summed E-state index contributed by atoms with van der Waals surface area (Å²) in [4.78, 5) is 11.9. The van der Waals surface area contributed by atoms with Gasteiger partial charge in [0.2, 0.25) is 0 Å². The minimum absolute atomic E-state index is 0. The zero-order valence-electron chi connectivity index (χ0n) is 12.1. The van der Waals surface area contributed by atoms with Crippen molar-refractivity contribution in [2.45, 2.75) is 0 Å². The van der Waals surface area contributed by atoms with E-state index in [1.54, 1.807) is 18.2 Å². The van der Waals surface area contributed by atoms with Gasteiger partial charge in [-0.1, -0.05) is 11.6 Å². The zero-order chi connectivity index (χ0) is 15.4. The van der Waals surface area contributed by atoms with Crippen LogP contribution in [0, 0.1) is 63.7 Å². The quantitative estimate of drug-likeness (QED) is 0.709. The average molecular weight is 365 g/mol. The normalized spacial score (nSPS) is 17.6. The molecule has 2 nitrogen and oxygen atoms in total. The molecular formula is C19H13ClFeO2+2. The summed E-state index contributed by atoms with van der Waals surface area (Å²) < 4.78 is 5.68. The summed E-state index contributed by atoms with van der Waals surface area (Å²) in [6.07, 6.45) is 17.6. The summed E-state index contributed by atoms with van der Waals surface area (Å²) in [5.41, 5.74) is 0.475. The molecule has 10 radical (unpaired) electrons. The van der Waals surface area contributed by atoms with Crippen molar-refractivity contribution < 1.29 is 21.5 Å². The van der Waals surface area contributed by atoms with E-state index in [0.717, 1.165) is 5.92 Å². The summed E-state index contributed by atoms with van der Waals surface area (Å²) in [5.74, 6) is 1.48. The molecule has 0 aliphatic heterocycles. The number of fused-ring (bicyclic) bond motifs is 1. The van der Waals surface area contributed by atoms with Gasteiger partial charge in [-0.05, 0) is 76.0 Å². The minimum Gasteiger partial charge on any atom is -0.460 e. The molecule has 2 fully saturated rings. The van der Waals surface area contributed by atoms with Crippen LogP contribution in [-0.2, 0) is 17.1 Å². The van der Waals surface area contributed by atoms with Gasteiger partial charge in [0, 0.05) is 17.0 Å². The standard InChI is InChI=1S/C14H8ClO2.C5H5.Fe/c15-10-5-6-13-11(7-10)12(16)8-14(17-13)9-3-1-2-4-9;1-2-4-5-3-1;/h1-8H;1-5H;/q;;+2. The van der Waals surface area contributed by atoms with Crippen LogP contribution in [0.3, 0.4) is 0 Å². The van der Waals surface area contributed by atoms with Crippen LogP contribution in [0.2, 0.25) is 5.02 Å². The second-order valence-electron chi connectivity index (χ2n) is 4.75. The number of benzene rings is 1. The van der Waals surface area contributed by atoms with E-state index in [2.05, 4.69) is 0 Å². The van der Waals surface area contributed by atoms with Crippen LogP contribution in [0.25, 0.3) is 11.0 Å². The first-order chi connectivity index (χ1) is 10.7. The number of hydrogen-bond donors (Lipinski definition) is 0. The van der Waals surface area contributed by atoms with Crippen molar-refractivity contribution in [3.63, 3.8) is 0 Å². The third-order valence-corrected chi connectivity index (χ3v) is 3.43. The van der Waals surface area contributed by atoms with Gasteiger partial charge in [0.15, 0.2) is 5.43 Å².